The molecule has 0 aliphatic carbocycles. The number of nitrogens with two attached hydrogens (primary N) is 1. The van der Waals surface area contributed by atoms with Gasteiger partial charge in [0.25, 0.3) is 10.1 Å². The van der Waals surface area contributed by atoms with Gasteiger partial charge in [-0.1, -0.05) is 0 Å². The van der Waals surface area contributed by atoms with E-state index in [9.17, 15) is 12.8 Å². The highest BCUT2D eigenvalue weighted by Crippen LogP contribution is 2.29. The first-order valence-corrected chi connectivity index (χ1v) is 11.9. The smallest absolute Gasteiger partial charge is 0.261 e. The van der Waals surface area contributed by atoms with Crippen LogP contribution < -0.4 is 19.9 Å². The number of hydrogen-bond acceptors (Lipinski definition) is 6. The number of amidine groups is 1. The van der Waals surface area contributed by atoms with Gasteiger partial charge in [0.15, 0.2) is 11.5 Å². The summed E-state index contributed by atoms with van der Waals surface area (Å²) >= 11 is 0. The fourth-order valence-corrected chi connectivity index (χ4v) is 2.43. The van der Waals surface area contributed by atoms with Crippen molar-refractivity contribution in [3.05, 3.63) is 53.8 Å². The molecular formula is C22H31FN2O6S. The zero-order valence-electron chi connectivity index (χ0n) is 18.5. The molecule has 0 atom stereocenters. The lowest BCUT2D eigenvalue weighted by molar-refractivity contribution is 0.217. The summed E-state index contributed by atoms with van der Waals surface area (Å²) in [5, 5.41) is 7.35. The maximum absolute atomic E-state index is 13.4. The SMILES string of the molecule is CC(C)Oc1ccc(F)cc1OCCCCCOc1ccc(C(=N)N)cc1.CS(=O)(=O)O. The highest BCUT2D eigenvalue weighted by molar-refractivity contribution is 7.85. The van der Waals surface area contributed by atoms with Gasteiger partial charge in [0.05, 0.1) is 25.6 Å². The highest BCUT2D eigenvalue weighted by Gasteiger charge is 2.08. The van der Waals surface area contributed by atoms with Crippen molar-refractivity contribution in [3.63, 3.8) is 0 Å². The van der Waals surface area contributed by atoms with Gasteiger partial charge in [-0.05, 0) is 69.5 Å². The van der Waals surface area contributed by atoms with Crippen LogP contribution in [-0.2, 0) is 10.1 Å². The van der Waals surface area contributed by atoms with Gasteiger partial charge < -0.3 is 19.9 Å². The standard InChI is InChI=1S/C21H27FN2O3.CH4O3S/c1-15(2)27-19-11-8-17(22)14-20(19)26-13-5-3-4-12-25-18-9-6-16(7-10-18)21(23)24;1-5(2,3)4/h6-11,14-15H,3-5,12-13H2,1-2H3,(H3,23,24);1H3,(H,2,3,4). The van der Waals surface area contributed by atoms with Gasteiger partial charge in [-0.2, -0.15) is 8.42 Å². The van der Waals surface area contributed by atoms with E-state index in [1.165, 1.54) is 12.1 Å². The van der Waals surface area contributed by atoms with E-state index in [1.807, 2.05) is 13.8 Å². The molecule has 0 saturated carbocycles. The molecular weight excluding hydrogens is 439 g/mol. The molecule has 0 radical (unpaired) electrons. The number of hydrogen-bond donors (Lipinski definition) is 3. The predicted molar refractivity (Wildman–Crippen MR) is 122 cm³/mol. The number of rotatable bonds is 11. The van der Waals surface area contributed by atoms with Crippen molar-refractivity contribution in [2.45, 2.75) is 39.2 Å². The Labute approximate surface area is 188 Å². The Bertz CT molecular complexity index is 941. The molecule has 0 bridgehead atoms. The van der Waals surface area contributed by atoms with Crippen molar-refractivity contribution in [2.24, 2.45) is 5.73 Å². The van der Waals surface area contributed by atoms with Gasteiger partial charge in [-0.25, -0.2) is 4.39 Å². The summed E-state index contributed by atoms with van der Waals surface area (Å²) in [6.45, 7) is 4.92. The zero-order chi connectivity index (χ0) is 24.1. The summed E-state index contributed by atoms with van der Waals surface area (Å²) in [5.74, 6) is 1.45. The van der Waals surface area contributed by atoms with Gasteiger partial charge in [0.2, 0.25) is 0 Å². The first kappa shape index (κ1) is 27.2. The fraction of sp³-hybridized carbons (Fsp3) is 0.409. The Morgan fingerprint density at radius 2 is 1.59 bits per heavy atom. The summed E-state index contributed by atoms with van der Waals surface area (Å²) in [7, 11) is -3.67. The molecule has 0 amide bonds. The van der Waals surface area contributed by atoms with Crippen LogP contribution in [0.1, 0.15) is 38.7 Å². The van der Waals surface area contributed by atoms with Crippen LogP contribution in [0.3, 0.4) is 0 Å². The van der Waals surface area contributed by atoms with Crippen molar-refractivity contribution >= 4 is 16.0 Å². The second-order valence-electron chi connectivity index (χ2n) is 7.19. The largest absolute Gasteiger partial charge is 0.494 e. The predicted octanol–water partition coefficient (Wildman–Crippen LogP) is 4.03. The number of halogens is 1. The van der Waals surface area contributed by atoms with Crippen LogP contribution in [0.2, 0.25) is 0 Å². The first-order valence-electron chi connectivity index (χ1n) is 10.0. The van der Waals surface area contributed by atoms with Crippen LogP contribution in [0.4, 0.5) is 4.39 Å². The summed E-state index contributed by atoms with van der Waals surface area (Å²) in [5.41, 5.74) is 6.10. The monoisotopic (exact) mass is 470 g/mol. The van der Waals surface area contributed by atoms with Gasteiger partial charge in [-0.15, -0.1) is 0 Å². The topological polar surface area (TPSA) is 132 Å². The minimum absolute atomic E-state index is 0.000488. The minimum Gasteiger partial charge on any atom is -0.494 e. The number of benzene rings is 2. The molecule has 178 valence electrons. The summed E-state index contributed by atoms with van der Waals surface area (Å²) in [4.78, 5) is 0. The van der Waals surface area contributed by atoms with E-state index in [4.69, 9.17) is 29.9 Å². The van der Waals surface area contributed by atoms with Gasteiger partial charge in [0, 0.05) is 11.6 Å². The summed E-state index contributed by atoms with van der Waals surface area (Å²) in [6, 6.07) is 11.5. The van der Waals surface area contributed by atoms with E-state index in [0.717, 1.165) is 25.0 Å². The lowest BCUT2D eigenvalue weighted by Gasteiger charge is -2.15. The van der Waals surface area contributed by atoms with E-state index in [-0.39, 0.29) is 17.8 Å². The lowest BCUT2D eigenvalue weighted by atomic mass is 10.2. The van der Waals surface area contributed by atoms with Crippen molar-refractivity contribution in [3.8, 4) is 17.2 Å². The third-order valence-corrected chi connectivity index (χ3v) is 3.75. The Morgan fingerprint density at radius 3 is 2.12 bits per heavy atom. The maximum Gasteiger partial charge on any atom is 0.261 e. The Kier molecular flexibility index (Phi) is 11.5. The van der Waals surface area contributed by atoms with Crippen LogP contribution in [0, 0.1) is 11.2 Å². The van der Waals surface area contributed by atoms with E-state index < -0.39 is 10.1 Å². The molecule has 32 heavy (non-hydrogen) atoms. The summed E-state index contributed by atoms with van der Waals surface area (Å²) < 4.78 is 56.3. The van der Waals surface area contributed by atoms with Crippen molar-refractivity contribution in [1.29, 1.82) is 5.41 Å². The Balaban J connectivity index is 0.000000920. The lowest BCUT2D eigenvalue weighted by Crippen LogP contribution is -2.10. The molecule has 10 heteroatoms. The number of nitrogens with one attached hydrogen (secondary N) is 1. The molecule has 0 heterocycles. The van der Waals surface area contributed by atoms with Crippen molar-refractivity contribution in [2.75, 3.05) is 19.5 Å². The van der Waals surface area contributed by atoms with E-state index in [0.29, 0.717) is 36.5 Å². The van der Waals surface area contributed by atoms with Crippen LogP contribution >= 0.6 is 0 Å². The zero-order valence-corrected chi connectivity index (χ0v) is 19.3. The molecule has 0 aliphatic rings. The normalized spacial score (nSPS) is 10.8. The average Bonchev–Trinajstić information content (AvgIpc) is 2.68. The summed E-state index contributed by atoms with van der Waals surface area (Å²) in [6.07, 6.45) is 3.37. The number of unbranched alkanes of at least 4 members (excludes halogenated alkanes) is 2. The third kappa shape index (κ3) is 12.8. The van der Waals surface area contributed by atoms with Crippen LogP contribution in [0.25, 0.3) is 0 Å². The van der Waals surface area contributed by atoms with Crippen LogP contribution in [-0.4, -0.2) is 44.4 Å². The molecule has 2 aromatic rings. The minimum atomic E-state index is -3.67. The molecule has 4 N–H and O–H groups in total. The number of nitrogen functional groups attached to an aromatic ring is 1. The van der Waals surface area contributed by atoms with E-state index >= 15 is 0 Å². The van der Waals surface area contributed by atoms with Crippen molar-refractivity contribution in [1.82, 2.24) is 0 Å². The number of ether oxygens (including phenoxy) is 3. The van der Waals surface area contributed by atoms with E-state index in [1.54, 1.807) is 30.3 Å². The molecule has 0 spiro atoms. The second kappa shape index (κ2) is 13.5. The highest BCUT2D eigenvalue weighted by atomic mass is 32.2. The average molecular weight is 471 g/mol. The molecule has 0 unspecified atom stereocenters. The molecule has 8 nitrogen and oxygen atoms in total. The van der Waals surface area contributed by atoms with Crippen molar-refractivity contribution < 1.29 is 31.6 Å². The molecule has 2 rings (SSSR count). The molecule has 0 fully saturated rings. The second-order valence-corrected chi connectivity index (χ2v) is 8.65. The molecule has 2 aromatic carbocycles. The van der Waals surface area contributed by atoms with Crippen LogP contribution in [0.15, 0.2) is 42.5 Å². The Morgan fingerprint density at radius 1 is 1.03 bits per heavy atom. The molecule has 0 aromatic heterocycles. The van der Waals surface area contributed by atoms with Crippen LogP contribution in [0.5, 0.6) is 17.2 Å². The quantitative estimate of drug-likeness (QED) is 0.195. The third-order valence-electron chi connectivity index (χ3n) is 3.75. The van der Waals surface area contributed by atoms with Gasteiger partial charge in [0.1, 0.15) is 17.4 Å². The first-order chi connectivity index (χ1) is 15.0. The Hall–Kier alpha value is -2.85. The molecule has 0 aliphatic heterocycles. The van der Waals surface area contributed by atoms with E-state index in [2.05, 4.69) is 0 Å². The fourth-order valence-electron chi connectivity index (χ4n) is 2.43. The maximum atomic E-state index is 13.4. The van der Waals surface area contributed by atoms with Gasteiger partial charge in [-0.3, -0.25) is 9.96 Å². The van der Waals surface area contributed by atoms with Gasteiger partial charge >= 0.3 is 0 Å². The molecule has 0 saturated heterocycles.